The molecule has 0 aromatic rings. The highest BCUT2D eigenvalue weighted by Gasteiger charge is 2.31. The SMILES string of the molecule is CCCNC(C)(CCCN1CCCCCC1C)C(=O)O. The van der Waals surface area contributed by atoms with E-state index in [4.69, 9.17) is 0 Å². The molecule has 1 aliphatic rings. The van der Waals surface area contributed by atoms with Gasteiger partial charge in [0.05, 0.1) is 0 Å². The predicted molar refractivity (Wildman–Crippen MR) is 83.1 cm³/mol. The van der Waals surface area contributed by atoms with Crippen LogP contribution in [0.2, 0.25) is 0 Å². The van der Waals surface area contributed by atoms with Crippen LogP contribution in [0.5, 0.6) is 0 Å². The lowest BCUT2D eigenvalue weighted by atomic mass is 9.95. The van der Waals surface area contributed by atoms with Gasteiger partial charge in [-0.2, -0.15) is 0 Å². The Hall–Kier alpha value is -0.610. The Kier molecular flexibility index (Phi) is 7.52. The molecule has 4 heteroatoms. The van der Waals surface area contributed by atoms with Crippen LogP contribution in [0.3, 0.4) is 0 Å². The van der Waals surface area contributed by atoms with Gasteiger partial charge in [0, 0.05) is 6.04 Å². The van der Waals surface area contributed by atoms with Crippen LogP contribution in [0, 0.1) is 0 Å². The number of carbonyl (C=O) groups is 1. The van der Waals surface area contributed by atoms with Crippen LogP contribution < -0.4 is 5.32 Å². The lowest BCUT2D eigenvalue weighted by Gasteiger charge is -2.30. The Bertz CT molecular complexity index is 296. The van der Waals surface area contributed by atoms with Crippen LogP contribution in [0.1, 0.15) is 65.7 Å². The summed E-state index contributed by atoms with van der Waals surface area (Å²) >= 11 is 0. The van der Waals surface area contributed by atoms with E-state index in [9.17, 15) is 9.90 Å². The maximum absolute atomic E-state index is 11.5. The van der Waals surface area contributed by atoms with Crippen LogP contribution in [0.25, 0.3) is 0 Å². The molecule has 1 heterocycles. The molecule has 118 valence electrons. The second-order valence-corrected chi connectivity index (χ2v) is 6.40. The highest BCUT2D eigenvalue weighted by molar-refractivity contribution is 5.78. The van der Waals surface area contributed by atoms with Crippen LogP contribution in [-0.4, -0.2) is 47.2 Å². The molecule has 0 spiro atoms. The van der Waals surface area contributed by atoms with Crippen LogP contribution in [0.4, 0.5) is 0 Å². The van der Waals surface area contributed by atoms with E-state index in [1.165, 1.54) is 32.2 Å². The van der Waals surface area contributed by atoms with Crippen molar-refractivity contribution in [3.8, 4) is 0 Å². The van der Waals surface area contributed by atoms with Crippen molar-refractivity contribution in [1.29, 1.82) is 0 Å². The van der Waals surface area contributed by atoms with Gasteiger partial charge < -0.3 is 15.3 Å². The number of aliphatic carboxylic acids is 1. The molecule has 2 atom stereocenters. The first-order valence-electron chi connectivity index (χ1n) is 8.22. The van der Waals surface area contributed by atoms with Crippen molar-refractivity contribution in [3.63, 3.8) is 0 Å². The average molecular weight is 284 g/mol. The second kappa shape index (κ2) is 8.63. The summed E-state index contributed by atoms with van der Waals surface area (Å²) in [7, 11) is 0. The highest BCUT2D eigenvalue weighted by Crippen LogP contribution is 2.19. The van der Waals surface area contributed by atoms with Crippen LogP contribution >= 0.6 is 0 Å². The largest absolute Gasteiger partial charge is 0.480 e. The maximum atomic E-state index is 11.5. The Labute approximate surface area is 123 Å². The van der Waals surface area contributed by atoms with Crippen molar-refractivity contribution in [2.75, 3.05) is 19.6 Å². The number of rotatable bonds is 8. The minimum absolute atomic E-state index is 0.650. The van der Waals surface area contributed by atoms with E-state index in [2.05, 4.69) is 24.1 Å². The standard InChI is InChI=1S/C16H32N2O2/c1-4-11-17-16(3,15(19)20)10-8-13-18-12-7-5-6-9-14(18)2/h14,17H,4-13H2,1-3H3,(H,19,20). The van der Waals surface area contributed by atoms with Gasteiger partial charge in [-0.3, -0.25) is 4.79 Å². The zero-order valence-corrected chi connectivity index (χ0v) is 13.5. The summed E-state index contributed by atoms with van der Waals surface area (Å²) in [5, 5.41) is 12.6. The summed E-state index contributed by atoms with van der Waals surface area (Å²) in [6.07, 6.45) is 7.86. The highest BCUT2D eigenvalue weighted by atomic mass is 16.4. The van der Waals surface area contributed by atoms with Gasteiger partial charge in [0.15, 0.2) is 0 Å². The number of nitrogens with zero attached hydrogens (tertiary/aromatic N) is 1. The van der Waals surface area contributed by atoms with E-state index in [1.807, 2.05) is 6.92 Å². The third-order valence-electron chi connectivity index (χ3n) is 4.55. The molecule has 2 unspecified atom stereocenters. The molecular formula is C16H32N2O2. The summed E-state index contributed by atoms with van der Waals surface area (Å²) in [5.74, 6) is -0.727. The molecule has 0 radical (unpaired) electrons. The van der Waals surface area contributed by atoms with Gasteiger partial charge >= 0.3 is 5.97 Å². The van der Waals surface area contributed by atoms with E-state index in [0.29, 0.717) is 12.5 Å². The molecule has 2 N–H and O–H groups in total. The van der Waals surface area contributed by atoms with Gasteiger partial charge in [0.2, 0.25) is 0 Å². The Morgan fingerprint density at radius 1 is 1.40 bits per heavy atom. The van der Waals surface area contributed by atoms with Crippen molar-refractivity contribution < 1.29 is 9.90 Å². The van der Waals surface area contributed by atoms with Crippen LogP contribution in [-0.2, 0) is 4.79 Å². The van der Waals surface area contributed by atoms with Gasteiger partial charge in [0.25, 0.3) is 0 Å². The summed E-state index contributed by atoms with van der Waals surface area (Å²) in [4.78, 5) is 14.0. The molecule has 0 aromatic carbocycles. The molecule has 1 saturated heterocycles. The van der Waals surface area contributed by atoms with Gasteiger partial charge in [-0.1, -0.05) is 19.8 Å². The number of carboxylic acid groups (broad SMARTS) is 1. The molecule has 20 heavy (non-hydrogen) atoms. The van der Waals surface area contributed by atoms with E-state index in [1.54, 1.807) is 0 Å². The summed E-state index contributed by atoms with van der Waals surface area (Å²) in [6.45, 7) is 9.15. The van der Waals surface area contributed by atoms with E-state index >= 15 is 0 Å². The Balaban J connectivity index is 2.41. The first kappa shape index (κ1) is 17.4. The van der Waals surface area contributed by atoms with Crippen molar-refractivity contribution in [2.45, 2.75) is 77.3 Å². The fraction of sp³-hybridized carbons (Fsp3) is 0.938. The van der Waals surface area contributed by atoms with Crippen molar-refractivity contribution in [3.05, 3.63) is 0 Å². The molecule has 0 bridgehead atoms. The number of carboxylic acids is 1. The smallest absolute Gasteiger partial charge is 0.323 e. The molecule has 1 fully saturated rings. The monoisotopic (exact) mass is 284 g/mol. The molecule has 4 nitrogen and oxygen atoms in total. The van der Waals surface area contributed by atoms with Crippen molar-refractivity contribution in [1.82, 2.24) is 10.2 Å². The first-order valence-corrected chi connectivity index (χ1v) is 8.22. The minimum Gasteiger partial charge on any atom is -0.480 e. The maximum Gasteiger partial charge on any atom is 0.323 e. The van der Waals surface area contributed by atoms with Gasteiger partial charge in [0.1, 0.15) is 5.54 Å². The molecule has 1 rings (SSSR count). The lowest BCUT2D eigenvalue weighted by molar-refractivity contribution is -0.144. The van der Waals surface area contributed by atoms with E-state index in [0.717, 1.165) is 25.9 Å². The molecule has 1 aliphatic heterocycles. The zero-order chi connectivity index (χ0) is 15.0. The fourth-order valence-corrected chi connectivity index (χ4v) is 2.97. The summed E-state index contributed by atoms with van der Waals surface area (Å²) in [6, 6.07) is 0.650. The Morgan fingerprint density at radius 2 is 2.15 bits per heavy atom. The molecule has 0 amide bonds. The second-order valence-electron chi connectivity index (χ2n) is 6.40. The van der Waals surface area contributed by atoms with Crippen molar-refractivity contribution in [2.24, 2.45) is 0 Å². The topological polar surface area (TPSA) is 52.6 Å². The lowest BCUT2D eigenvalue weighted by Crippen LogP contribution is -2.50. The first-order chi connectivity index (χ1) is 9.49. The normalized spacial score (nSPS) is 24.1. The summed E-state index contributed by atoms with van der Waals surface area (Å²) < 4.78 is 0. The van der Waals surface area contributed by atoms with Gasteiger partial charge in [-0.05, 0) is 65.6 Å². The number of hydrogen-bond donors (Lipinski definition) is 2. The van der Waals surface area contributed by atoms with Gasteiger partial charge in [-0.15, -0.1) is 0 Å². The third-order valence-corrected chi connectivity index (χ3v) is 4.55. The summed E-state index contributed by atoms with van der Waals surface area (Å²) in [5.41, 5.74) is -0.773. The predicted octanol–water partition coefficient (Wildman–Crippen LogP) is 2.87. The quantitative estimate of drug-likeness (QED) is 0.719. The van der Waals surface area contributed by atoms with Crippen LogP contribution in [0.15, 0.2) is 0 Å². The molecular weight excluding hydrogens is 252 g/mol. The molecule has 0 aliphatic carbocycles. The average Bonchev–Trinajstić information content (AvgIpc) is 2.61. The Morgan fingerprint density at radius 3 is 2.80 bits per heavy atom. The zero-order valence-electron chi connectivity index (χ0n) is 13.5. The number of nitrogens with one attached hydrogen (secondary N) is 1. The van der Waals surface area contributed by atoms with Crippen molar-refractivity contribution >= 4 is 5.97 Å². The van der Waals surface area contributed by atoms with E-state index in [-0.39, 0.29) is 0 Å². The molecule has 0 aromatic heterocycles. The number of hydrogen-bond acceptors (Lipinski definition) is 3. The van der Waals surface area contributed by atoms with E-state index < -0.39 is 11.5 Å². The number of likely N-dealkylation sites (tertiary alicyclic amines) is 1. The third kappa shape index (κ3) is 5.41. The fourth-order valence-electron chi connectivity index (χ4n) is 2.97. The van der Waals surface area contributed by atoms with Gasteiger partial charge in [-0.25, -0.2) is 0 Å². The molecule has 0 saturated carbocycles. The minimum atomic E-state index is -0.773.